The number of hydrogen-bond donors (Lipinski definition) is 0. The quantitative estimate of drug-likeness (QED) is 0.177. The molecule has 7 aromatic carbocycles. The molecule has 5 heteroatoms. The molecule has 230 valence electrons. The van der Waals surface area contributed by atoms with Crippen LogP contribution >= 0.6 is 0 Å². The van der Waals surface area contributed by atoms with Gasteiger partial charge in [-0.1, -0.05) is 103 Å². The monoisotopic (exact) mass is 635 g/mol. The van der Waals surface area contributed by atoms with Crippen LogP contribution in [0.2, 0.25) is 0 Å². The summed E-state index contributed by atoms with van der Waals surface area (Å²) in [7, 11) is 0. The number of aromatic nitrogens is 2. The van der Waals surface area contributed by atoms with Crippen LogP contribution in [0.3, 0.4) is 0 Å². The van der Waals surface area contributed by atoms with Gasteiger partial charge in [0.1, 0.15) is 0 Å². The molecule has 2 aromatic heterocycles. The van der Waals surface area contributed by atoms with Gasteiger partial charge in [-0.2, -0.15) is 5.26 Å². The Hall–Kier alpha value is -7.39. The SMILES string of the molecule is [C-]#[N+]c1ccc2c3ccccc3n(-c3c([N+]#[C-])cccc3-c3ccc(-c4ccc(-n5c6ccccc6c6cc(C#N)ccc65)cc4)cc3)c2c1. The van der Waals surface area contributed by atoms with Crippen molar-refractivity contribution in [3.05, 3.63) is 180 Å². The summed E-state index contributed by atoms with van der Waals surface area (Å²) >= 11 is 0. The van der Waals surface area contributed by atoms with E-state index in [4.69, 9.17) is 13.1 Å². The Labute approximate surface area is 288 Å². The molecule has 5 nitrogen and oxygen atoms in total. The minimum Gasteiger partial charge on any atom is -0.320 e. The number of nitrogens with zero attached hydrogens (tertiary/aromatic N) is 5. The first kappa shape index (κ1) is 28.8. The van der Waals surface area contributed by atoms with Gasteiger partial charge < -0.3 is 9.13 Å². The lowest BCUT2D eigenvalue weighted by atomic mass is 9.98. The second-order valence-electron chi connectivity index (χ2n) is 12.3. The molecule has 0 aliphatic heterocycles. The van der Waals surface area contributed by atoms with Crippen molar-refractivity contribution in [3.63, 3.8) is 0 Å². The molecule has 0 bridgehead atoms. The topological polar surface area (TPSA) is 42.4 Å². The van der Waals surface area contributed by atoms with Crippen molar-refractivity contribution in [2.24, 2.45) is 0 Å². The van der Waals surface area contributed by atoms with Gasteiger partial charge >= 0.3 is 0 Å². The van der Waals surface area contributed by atoms with E-state index >= 15 is 0 Å². The van der Waals surface area contributed by atoms with Crippen molar-refractivity contribution < 1.29 is 0 Å². The van der Waals surface area contributed by atoms with Crippen LogP contribution in [0, 0.1) is 24.5 Å². The largest absolute Gasteiger partial charge is 0.320 e. The van der Waals surface area contributed by atoms with Crippen molar-refractivity contribution in [2.45, 2.75) is 0 Å². The lowest BCUT2D eigenvalue weighted by Crippen LogP contribution is -1.98. The van der Waals surface area contributed by atoms with Gasteiger partial charge in [0.05, 0.1) is 47.0 Å². The second-order valence-corrected chi connectivity index (χ2v) is 12.3. The van der Waals surface area contributed by atoms with Crippen LogP contribution in [0.4, 0.5) is 11.4 Å². The van der Waals surface area contributed by atoms with E-state index in [0.29, 0.717) is 16.9 Å². The van der Waals surface area contributed by atoms with E-state index in [2.05, 4.69) is 104 Å². The van der Waals surface area contributed by atoms with Crippen LogP contribution in [0.5, 0.6) is 0 Å². The Morgan fingerprint density at radius 1 is 0.480 bits per heavy atom. The summed E-state index contributed by atoms with van der Waals surface area (Å²) < 4.78 is 4.39. The number of benzene rings is 7. The molecule has 0 unspecified atom stereocenters. The molecular weight excluding hydrogens is 611 g/mol. The minimum absolute atomic E-state index is 0.548. The number of rotatable bonds is 4. The summed E-state index contributed by atoms with van der Waals surface area (Å²) in [6, 6.07) is 53.4. The number of nitriles is 1. The van der Waals surface area contributed by atoms with Gasteiger partial charge in [-0.25, -0.2) is 9.69 Å². The fourth-order valence-electron chi connectivity index (χ4n) is 7.32. The van der Waals surface area contributed by atoms with E-state index in [9.17, 15) is 5.26 Å². The first-order valence-corrected chi connectivity index (χ1v) is 16.2. The van der Waals surface area contributed by atoms with Gasteiger partial charge in [0.2, 0.25) is 5.69 Å². The van der Waals surface area contributed by atoms with Crippen molar-refractivity contribution in [2.75, 3.05) is 0 Å². The Kier molecular flexibility index (Phi) is 6.56. The summed E-state index contributed by atoms with van der Waals surface area (Å²) in [6.07, 6.45) is 0. The van der Waals surface area contributed by atoms with Crippen LogP contribution in [0.15, 0.2) is 152 Å². The van der Waals surface area contributed by atoms with Gasteiger partial charge in [0, 0.05) is 32.7 Å². The molecule has 0 N–H and O–H groups in total. The van der Waals surface area contributed by atoms with Crippen LogP contribution in [0.1, 0.15) is 5.56 Å². The highest BCUT2D eigenvalue weighted by molar-refractivity contribution is 6.12. The van der Waals surface area contributed by atoms with E-state index in [1.807, 2.05) is 72.8 Å². The lowest BCUT2D eigenvalue weighted by molar-refractivity contribution is 1.18. The highest BCUT2D eigenvalue weighted by Gasteiger charge is 2.19. The maximum Gasteiger partial charge on any atom is 0.211 e. The lowest BCUT2D eigenvalue weighted by Gasteiger charge is -2.16. The molecule has 0 aliphatic rings. The maximum atomic E-state index is 9.51. The van der Waals surface area contributed by atoms with Crippen molar-refractivity contribution >= 4 is 55.0 Å². The molecule has 2 heterocycles. The zero-order valence-electron chi connectivity index (χ0n) is 26.7. The Bertz CT molecular complexity index is 2940. The van der Waals surface area contributed by atoms with E-state index in [-0.39, 0.29) is 0 Å². The molecule has 0 saturated heterocycles. The van der Waals surface area contributed by atoms with Gasteiger partial charge in [-0.15, -0.1) is 0 Å². The van der Waals surface area contributed by atoms with Crippen molar-refractivity contribution in [3.8, 4) is 39.7 Å². The van der Waals surface area contributed by atoms with Gasteiger partial charge in [-0.05, 0) is 70.8 Å². The normalized spacial score (nSPS) is 11.1. The Morgan fingerprint density at radius 2 is 1.10 bits per heavy atom. The molecule has 9 aromatic rings. The van der Waals surface area contributed by atoms with Gasteiger partial charge in [-0.3, -0.25) is 0 Å². The number of fused-ring (bicyclic) bond motifs is 6. The van der Waals surface area contributed by atoms with E-state index in [1.165, 1.54) is 0 Å². The molecule has 0 spiro atoms. The Morgan fingerprint density at radius 3 is 1.80 bits per heavy atom. The second kappa shape index (κ2) is 11.4. The third-order valence-corrected chi connectivity index (χ3v) is 9.60. The fraction of sp³-hybridized carbons (Fsp3) is 0. The molecule has 0 radical (unpaired) electrons. The third kappa shape index (κ3) is 4.38. The van der Waals surface area contributed by atoms with Crippen LogP contribution in [0.25, 0.3) is 86.9 Å². The summed E-state index contributed by atoms with van der Waals surface area (Å²) in [5.41, 5.74) is 11.8. The molecule has 0 atom stereocenters. The minimum atomic E-state index is 0.548. The average Bonchev–Trinajstić information content (AvgIpc) is 3.69. The average molecular weight is 636 g/mol. The first-order chi connectivity index (χ1) is 24.7. The zero-order chi connectivity index (χ0) is 33.8. The van der Waals surface area contributed by atoms with E-state index < -0.39 is 0 Å². The van der Waals surface area contributed by atoms with E-state index in [0.717, 1.165) is 77.2 Å². The zero-order valence-corrected chi connectivity index (χ0v) is 26.7. The summed E-state index contributed by atoms with van der Waals surface area (Å²) in [5.74, 6) is 0. The summed E-state index contributed by atoms with van der Waals surface area (Å²) in [5, 5.41) is 13.8. The fourth-order valence-corrected chi connectivity index (χ4v) is 7.32. The summed E-state index contributed by atoms with van der Waals surface area (Å²) in [4.78, 5) is 7.67. The molecule has 0 saturated carbocycles. The summed E-state index contributed by atoms with van der Waals surface area (Å²) in [6.45, 7) is 15.8. The predicted octanol–water partition coefficient (Wildman–Crippen LogP) is 12.2. The van der Waals surface area contributed by atoms with Crippen molar-refractivity contribution in [1.82, 2.24) is 9.13 Å². The Balaban J connectivity index is 1.13. The number of para-hydroxylation sites is 3. The molecule has 50 heavy (non-hydrogen) atoms. The molecule has 0 amide bonds. The van der Waals surface area contributed by atoms with E-state index in [1.54, 1.807) is 0 Å². The molecular formula is C45H25N5. The highest BCUT2D eigenvalue weighted by atomic mass is 15.0. The van der Waals surface area contributed by atoms with Crippen molar-refractivity contribution in [1.29, 1.82) is 5.26 Å². The standard InChI is InChI=1S/C45H25N5/c1-47-33-21-24-38-36-8-3-6-13-42(36)50(44(38)27-33)45-35(10-7-11-40(45)48-2)32-17-15-30(16-18-32)31-19-22-34(23-20-31)49-41-12-5-4-9-37(41)39-26-29(28-46)14-25-43(39)49/h3-27H. The van der Waals surface area contributed by atoms with Gasteiger partial charge in [0.15, 0.2) is 5.69 Å². The van der Waals surface area contributed by atoms with Crippen LogP contribution < -0.4 is 0 Å². The maximum absolute atomic E-state index is 9.51. The van der Waals surface area contributed by atoms with Crippen LogP contribution in [-0.4, -0.2) is 9.13 Å². The smallest absolute Gasteiger partial charge is 0.211 e. The van der Waals surface area contributed by atoms with Crippen LogP contribution in [-0.2, 0) is 0 Å². The predicted molar refractivity (Wildman–Crippen MR) is 203 cm³/mol. The number of hydrogen-bond acceptors (Lipinski definition) is 1. The first-order valence-electron chi connectivity index (χ1n) is 16.2. The third-order valence-electron chi connectivity index (χ3n) is 9.60. The van der Waals surface area contributed by atoms with Gasteiger partial charge in [0.25, 0.3) is 0 Å². The molecule has 0 fully saturated rings. The molecule has 0 aliphatic carbocycles. The molecule has 9 rings (SSSR count). The highest BCUT2D eigenvalue weighted by Crippen LogP contribution is 2.42.